The molecule has 3 atom stereocenters. The van der Waals surface area contributed by atoms with Gasteiger partial charge in [0.1, 0.15) is 0 Å². The molecule has 1 aliphatic rings. The molecule has 0 aromatic carbocycles. The maximum Gasteiger partial charge on any atom is 0.0133 e. The summed E-state index contributed by atoms with van der Waals surface area (Å²) in [5.41, 5.74) is 6.81. The molecule has 72 valence electrons. The monoisotopic (exact) mass is 169 g/mol. The van der Waals surface area contributed by atoms with Crippen molar-refractivity contribution >= 4 is 0 Å². The lowest BCUT2D eigenvalue weighted by Crippen LogP contribution is -2.47. The lowest BCUT2D eigenvalue weighted by atomic mass is 9.63. The smallest absolute Gasteiger partial charge is 0.0133 e. The summed E-state index contributed by atoms with van der Waals surface area (Å²) in [5.74, 6) is 0.804. The molecule has 0 spiro atoms. The Morgan fingerprint density at radius 3 is 2.33 bits per heavy atom. The number of rotatable bonds is 1. The molecule has 0 aromatic heterocycles. The van der Waals surface area contributed by atoms with Gasteiger partial charge in [-0.3, -0.25) is 0 Å². The average molecular weight is 169 g/mol. The zero-order valence-electron chi connectivity index (χ0n) is 8.98. The van der Waals surface area contributed by atoms with Gasteiger partial charge in [0.05, 0.1) is 0 Å². The summed E-state index contributed by atoms with van der Waals surface area (Å²) in [6.45, 7) is 9.20. The Bertz CT molecular complexity index is 162. The molecule has 1 rings (SSSR count). The fourth-order valence-electron chi connectivity index (χ4n) is 3.10. The predicted octanol–water partition coefficient (Wildman–Crippen LogP) is 2.94. The van der Waals surface area contributed by atoms with Gasteiger partial charge in [-0.15, -0.1) is 0 Å². The first-order valence-electron chi connectivity index (χ1n) is 5.16. The molecule has 0 aliphatic heterocycles. The highest BCUT2D eigenvalue weighted by atomic mass is 14.7. The minimum atomic E-state index is 0.0857. The maximum atomic E-state index is 6.22. The zero-order chi connectivity index (χ0) is 9.41. The van der Waals surface area contributed by atoms with E-state index in [0.717, 1.165) is 5.92 Å². The summed E-state index contributed by atoms with van der Waals surface area (Å²) in [4.78, 5) is 0. The van der Waals surface area contributed by atoms with Gasteiger partial charge in [-0.1, -0.05) is 27.2 Å². The molecule has 0 saturated heterocycles. The van der Waals surface area contributed by atoms with E-state index in [1.807, 2.05) is 0 Å². The molecule has 1 fully saturated rings. The van der Waals surface area contributed by atoms with Crippen molar-refractivity contribution in [1.82, 2.24) is 0 Å². The van der Waals surface area contributed by atoms with Crippen LogP contribution < -0.4 is 5.73 Å². The van der Waals surface area contributed by atoms with Gasteiger partial charge in [-0.2, -0.15) is 0 Å². The van der Waals surface area contributed by atoms with Gasteiger partial charge in [0.25, 0.3) is 0 Å². The normalized spacial score (nSPS) is 49.2. The van der Waals surface area contributed by atoms with Gasteiger partial charge in [0.15, 0.2) is 0 Å². The third kappa shape index (κ3) is 2.22. The molecule has 0 amide bonds. The maximum absolute atomic E-state index is 6.22. The van der Waals surface area contributed by atoms with E-state index < -0.39 is 0 Å². The fourth-order valence-corrected chi connectivity index (χ4v) is 3.10. The van der Waals surface area contributed by atoms with Gasteiger partial charge in [0.2, 0.25) is 0 Å². The Kier molecular flexibility index (Phi) is 2.53. The third-order valence-corrected chi connectivity index (χ3v) is 3.34. The number of hydrogen-bond donors (Lipinski definition) is 1. The van der Waals surface area contributed by atoms with Crippen molar-refractivity contribution in [3.8, 4) is 0 Å². The molecule has 0 heterocycles. The van der Waals surface area contributed by atoms with E-state index in [4.69, 9.17) is 5.73 Å². The largest absolute Gasteiger partial charge is 0.325 e. The van der Waals surface area contributed by atoms with Gasteiger partial charge in [-0.05, 0) is 37.5 Å². The van der Waals surface area contributed by atoms with Crippen molar-refractivity contribution in [2.45, 2.75) is 58.9 Å². The van der Waals surface area contributed by atoms with Crippen LogP contribution in [0, 0.1) is 11.3 Å². The van der Waals surface area contributed by atoms with Gasteiger partial charge < -0.3 is 5.73 Å². The molecule has 0 radical (unpaired) electrons. The highest BCUT2D eigenvalue weighted by Gasteiger charge is 2.38. The summed E-state index contributed by atoms with van der Waals surface area (Å²) < 4.78 is 0. The van der Waals surface area contributed by atoms with E-state index in [0.29, 0.717) is 5.41 Å². The van der Waals surface area contributed by atoms with Gasteiger partial charge in [-0.25, -0.2) is 0 Å². The van der Waals surface area contributed by atoms with E-state index in [2.05, 4.69) is 27.7 Å². The second-order valence-electron chi connectivity index (χ2n) is 5.51. The van der Waals surface area contributed by atoms with Crippen LogP contribution in [0.1, 0.15) is 53.4 Å². The quantitative estimate of drug-likeness (QED) is 0.641. The summed E-state index contributed by atoms with van der Waals surface area (Å²) >= 11 is 0. The average Bonchev–Trinajstić information content (AvgIpc) is 1.82. The standard InChI is InChI=1S/C11H23N/c1-5-10(3)6-9(2)7-11(4,12)8-10/h9H,5-8,12H2,1-4H3/t9-,10-,11-/m0/s1. The van der Waals surface area contributed by atoms with Crippen LogP contribution in [0.25, 0.3) is 0 Å². The lowest BCUT2D eigenvalue weighted by molar-refractivity contribution is 0.0983. The molecule has 1 nitrogen and oxygen atoms in total. The summed E-state index contributed by atoms with van der Waals surface area (Å²) in [6.07, 6.45) is 5.02. The molecular weight excluding hydrogens is 146 g/mol. The van der Waals surface area contributed by atoms with Crippen molar-refractivity contribution in [3.63, 3.8) is 0 Å². The van der Waals surface area contributed by atoms with E-state index in [-0.39, 0.29) is 5.54 Å². The lowest BCUT2D eigenvalue weighted by Gasteiger charge is -2.45. The number of nitrogens with two attached hydrogens (primary N) is 1. The van der Waals surface area contributed by atoms with Crippen molar-refractivity contribution in [2.24, 2.45) is 17.1 Å². The van der Waals surface area contributed by atoms with Crippen LogP contribution in [0.3, 0.4) is 0 Å². The number of hydrogen-bond acceptors (Lipinski definition) is 1. The first-order valence-corrected chi connectivity index (χ1v) is 5.16. The van der Waals surface area contributed by atoms with Crippen molar-refractivity contribution < 1.29 is 0 Å². The van der Waals surface area contributed by atoms with Crippen LogP contribution in [0.2, 0.25) is 0 Å². The summed E-state index contributed by atoms with van der Waals surface area (Å²) in [6, 6.07) is 0. The van der Waals surface area contributed by atoms with Crippen LogP contribution in [0.5, 0.6) is 0 Å². The molecule has 12 heavy (non-hydrogen) atoms. The molecule has 1 aliphatic carbocycles. The Labute approximate surface area is 76.7 Å². The van der Waals surface area contributed by atoms with E-state index in [9.17, 15) is 0 Å². The fraction of sp³-hybridized carbons (Fsp3) is 1.00. The van der Waals surface area contributed by atoms with E-state index in [1.165, 1.54) is 25.7 Å². The van der Waals surface area contributed by atoms with Crippen molar-refractivity contribution in [3.05, 3.63) is 0 Å². The first kappa shape index (κ1) is 10.0. The first-order chi connectivity index (χ1) is 5.37. The van der Waals surface area contributed by atoms with Crippen molar-refractivity contribution in [2.75, 3.05) is 0 Å². The second-order valence-corrected chi connectivity index (χ2v) is 5.51. The van der Waals surface area contributed by atoms with Crippen LogP contribution in [0.15, 0.2) is 0 Å². The highest BCUT2D eigenvalue weighted by molar-refractivity contribution is 4.94. The Balaban J connectivity index is 2.70. The molecule has 0 bridgehead atoms. The topological polar surface area (TPSA) is 26.0 Å². The van der Waals surface area contributed by atoms with Crippen LogP contribution in [-0.4, -0.2) is 5.54 Å². The second kappa shape index (κ2) is 3.02. The Morgan fingerprint density at radius 1 is 1.33 bits per heavy atom. The van der Waals surface area contributed by atoms with Crippen LogP contribution >= 0.6 is 0 Å². The molecule has 2 N–H and O–H groups in total. The van der Waals surface area contributed by atoms with E-state index >= 15 is 0 Å². The molecular formula is C11H23N. The minimum absolute atomic E-state index is 0.0857. The van der Waals surface area contributed by atoms with Gasteiger partial charge in [0, 0.05) is 5.54 Å². The zero-order valence-corrected chi connectivity index (χ0v) is 8.98. The van der Waals surface area contributed by atoms with Crippen LogP contribution in [0.4, 0.5) is 0 Å². The predicted molar refractivity (Wildman–Crippen MR) is 54.0 cm³/mol. The van der Waals surface area contributed by atoms with Crippen LogP contribution in [-0.2, 0) is 0 Å². The molecule has 0 aromatic rings. The SMILES string of the molecule is CC[C@@]1(C)C[C@H](C)C[C@](C)(N)C1. The summed E-state index contributed by atoms with van der Waals surface area (Å²) in [5, 5.41) is 0. The minimum Gasteiger partial charge on any atom is -0.325 e. The third-order valence-electron chi connectivity index (χ3n) is 3.34. The summed E-state index contributed by atoms with van der Waals surface area (Å²) in [7, 11) is 0. The van der Waals surface area contributed by atoms with E-state index in [1.54, 1.807) is 0 Å². The Hall–Kier alpha value is -0.0400. The molecule has 1 heteroatoms. The highest BCUT2D eigenvalue weighted by Crippen LogP contribution is 2.44. The Morgan fingerprint density at radius 2 is 1.92 bits per heavy atom. The molecule has 1 saturated carbocycles. The van der Waals surface area contributed by atoms with Crippen molar-refractivity contribution in [1.29, 1.82) is 0 Å². The molecule has 0 unspecified atom stereocenters. The van der Waals surface area contributed by atoms with Gasteiger partial charge >= 0.3 is 0 Å².